The number of fused-ring (bicyclic) bond motifs is 2. The first-order chi connectivity index (χ1) is 24.2. The van der Waals surface area contributed by atoms with Gasteiger partial charge in [0.2, 0.25) is 0 Å². The smallest absolute Gasteiger partial charge is 0.163 e. The molecule has 0 N–H and O–H groups in total. The Kier molecular flexibility index (Phi) is 7.85. The van der Waals surface area contributed by atoms with Gasteiger partial charge in [-0.15, -0.1) is 0 Å². The van der Waals surface area contributed by atoms with E-state index in [-0.39, 0.29) is 5.41 Å². The molecule has 0 bridgehead atoms. The molecule has 244 valence electrons. The molecule has 0 spiro atoms. The second kappa shape index (κ2) is 12.4. The Morgan fingerprint density at radius 1 is 0.540 bits per heavy atom. The van der Waals surface area contributed by atoms with Gasteiger partial charge < -0.3 is 4.74 Å². The molecule has 0 aliphatic carbocycles. The molecule has 4 heteroatoms. The summed E-state index contributed by atoms with van der Waals surface area (Å²) in [6, 6.07) is 51.7. The molecule has 0 atom stereocenters. The van der Waals surface area contributed by atoms with Crippen LogP contribution in [-0.4, -0.2) is 18.0 Å². The van der Waals surface area contributed by atoms with Gasteiger partial charge in [-0.1, -0.05) is 155 Å². The molecule has 0 amide bonds. The van der Waals surface area contributed by atoms with E-state index in [4.69, 9.17) is 14.7 Å². The topological polar surface area (TPSA) is 35.0 Å². The monoisotopic (exact) mass is 664 g/mol. The zero-order valence-corrected chi connectivity index (χ0v) is 30.2. The maximum Gasteiger partial charge on any atom is 0.163 e. The van der Waals surface area contributed by atoms with Crippen LogP contribution in [0.1, 0.15) is 26.3 Å². The van der Waals surface area contributed by atoms with Gasteiger partial charge in [0.1, 0.15) is 19.6 Å². The summed E-state index contributed by atoms with van der Waals surface area (Å²) in [5.41, 5.74) is 10.9. The fraction of sp³-hybridized carbons (Fsp3) is 0.130. The van der Waals surface area contributed by atoms with Crippen molar-refractivity contribution >= 4 is 18.4 Å². The molecule has 8 rings (SSSR count). The maximum atomic E-state index is 6.87. The SMILES string of the molecule is CC(C)(C)c1ccc2c(c1-c1nccc(-c3cc(-c4ccccc4)c(-c4ccccc4)cc3-c3ccccc3)n1)Oc1ccccc1[Si]2(C)C. The second-order valence-electron chi connectivity index (χ2n) is 14.6. The average Bonchev–Trinajstić information content (AvgIpc) is 3.15. The number of para-hydroxylation sites is 1. The van der Waals surface area contributed by atoms with Crippen molar-refractivity contribution < 1.29 is 4.74 Å². The van der Waals surface area contributed by atoms with Gasteiger partial charge >= 0.3 is 0 Å². The highest BCUT2D eigenvalue weighted by Crippen LogP contribution is 2.45. The molecule has 0 saturated heterocycles. The van der Waals surface area contributed by atoms with E-state index in [1.807, 2.05) is 12.3 Å². The summed E-state index contributed by atoms with van der Waals surface area (Å²) in [6.45, 7) is 11.6. The summed E-state index contributed by atoms with van der Waals surface area (Å²) in [6.07, 6.45) is 1.91. The number of hydrogen-bond donors (Lipinski definition) is 0. The summed E-state index contributed by atoms with van der Waals surface area (Å²) < 4.78 is 6.87. The lowest BCUT2D eigenvalue weighted by molar-refractivity contribution is 0.484. The number of ether oxygens (including phenoxy) is 1. The van der Waals surface area contributed by atoms with E-state index in [1.165, 1.54) is 27.1 Å². The van der Waals surface area contributed by atoms with Crippen LogP contribution in [0.4, 0.5) is 0 Å². The summed E-state index contributed by atoms with van der Waals surface area (Å²) in [7, 11) is -2.07. The molecule has 3 nitrogen and oxygen atoms in total. The molecule has 6 aromatic carbocycles. The lowest BCUT2D eigenvalue weighted by atomic mass is 9.83. The van der Waals surface area contributed by atoms with Crippen LogP contribution in [0.3, 0.4) is 0 Å². The van der Waals surface area contributed by atoms with E-state index in [1.54, 1.807) is 0 Å². The van der Waals surface area contributed by atoms with Crippen molar-refractivity contribution in [2.45, 2.75) is 39.3 Å². The number of nitrogens with zero attached hydrogens (tertiary/aromatic N) is 2. The number of hydrogen-bond acceptors (Lipinski definition) is 3. The van der Waals surface area contributed by atoms with E-state index in [0.29, 0.717) is 5.82 Å². The van der Waals surface area contributed by atoms with E-state index < -0.39 is 8.07 Å². The van der Waals surface area contributed by atoms with Crippen LogP contribution in [0.5, 0.6) is 11.5 Å². The fourth-order valence-electron chi connectivity index (χ4n) is 7.37. The lowest BCUT2D eigenvalue weighted by Gasteiger charge is -2.36. The van der Waals surface area contributed by atoms with Gasteiger partial charge in [-0.3, -0.25) is 0 Å². The van der Waals surface area contributed by atoms with Crippen LogP contribution in [0, 0.1) is 0 Å². The zero-order valence-electron chi connectivity index (χ0n) is 29.2. The van der Waals surface area contributed by atoms with Gasteiger partial charge in [0.05, 0.1) is 11.3 Å². The van der Waals surface area contributed by atoms with Gasteiger partial charge in [-0.2, -0.15) is 0 Å². The molecule has 0 radical (unpaired) electrons. The van der Waals surface area contributed by atoms with Crippen molar-refractivity contribution in [3.63, 3.8) is 0 Å². The van der Waals surface area contributed by atoms with E-state index in [9.17, 15) is 0 Å². The highest BCUT2D eigenvalue weighted by molar-refractivity contribution is 7.01. The quantitative estimate of drug-likeness (QED) is 0.172. The molecule has 7 aromatic rings. The Bertz CT molecular complexity index is 2340. The molecule has 1 aliphatic rings. The summed E-state index contributed by atoms with van der Waals surface area (Å²) >= 11 is 0. The third-order valence-electron chi connectivity index (χ3n) is 9.98. The number of aromatic nitrogens is 2. The van der Waals surface area contributed by atoms with Crippen molar-refractivity contribution in [3.8, 4) is 67.5 Å². The van der Waals surface area contributed by atoms with Crippen LogP contribution in [-0.2, 0) is 5.41 Å². The van der Waals surface area contributed by atoms with Crippen LogP contribution in [0.25, 0.3) is 56.0 Å². The van der Waals surface area contributed by atoms with Crippen molar-refractivity contribution in [1.29, 1.82) is 0 Å². The Balaban J connectivity index is 1.39. The first-order valence-electron chi connectivity index (χ1n) is 17.3. The zero-order chi connectivity index (χ0) is 34.5. The summed E-state index contributed by atoms with van der Waals surface area (Å²) in [5, 5.41) is 2.59. The molecule has 0 fully saturated rings. The molecule has 1 aliphatic heterocycles. The van der Waals surface area contributed by atoms with Crippen LogP contribution < -0.4 is 15.1 Å². The molecule has 0 saturated carbocycles. The van der Waals surface area contributed by atoms with E-state index in [2.05, 4.69) is 173 Å². The third-order valence-corrected chi connectivity index (χ3v) is 13.5. The number of benzene rings is 6. The molecular weight excluding hydrogens is 625 g/mol. The third kappa shape index (κ3) is 5.56. The van der Waals surface area contributed by atoms with Crippen LogP contribution in [0.15, 0.2) is 152 Å². The second-order valence-corrected chi connectivity index (χ2v) is 19.0. The molecule has 0 unspecified atom stereocenters. The minimum Gasteiger partial charge on any atom is -0.457 e. The standard InChI is InChI=1S/C46H40N2OSi/c1-46(2,3)38-25-26-42-44(49-40-23-15-16-24-41(40)50(42,4)5)43(38)45-47-28-27-39(48-45)37-30-35(32-19-11-7-12-20-32)34(31-17-9-6-10-18-31)29-36(37)33-21-13-8-14-22-33/h6-30H,1-5H3. The average molecular weight is 665 g/mol. The minimum absolute atomic E-state index is 0.164. The highest BCUT2D eigenvalue weighted by atomic mass is 28.3. The van der Waals surface area contributed by atoms with Crippen molar-refractivity contribution in [2.75, 3.05) is 0 Å². The summed E-state index contributed by atoms with van der Waals surface area (Å²) in [4.78, 5) is 10.4. The van der Waals surface area contributed by atoms with Crippen molar-refractivity contribution in [2.24, 2.45) is 0 Å². The van der Waals surface area contributed by atoms with Gasteiger partial charge in [0.25, 0.3) is 0 Å². The first kappa shape index (κ1) is 31.7. The lowest BCUT2D eigenvalue weighted by Crippen LogP contribution is -2.56. The van der Waals surface area contributed by atoms with Crippen molar-refractivity contribution in [1.82, 2.24) is 9.97 Å². The van der Waals surface area contributed by atoms with E-state index in [0.717, 1.165) is 50.6 Å². The van der Waals surface area contributed by atoms with Gasteiger partial charge in [0, 0.05) is 11.8 Å². The Morgan fingerprint density at radius 3 is 1.64 bits per heavy atom. The number of rotatable bonds is 5. The fourth-order valence-corrected chi connectivity index (χ4v) is 10.2. The Hall–Kier alpha value is -5.58. The normalized spacial score (nSPS) is 13.2. The minimum atomic E-state index is -2.07. The maximum absolute atomic E-state index is 6.87. The van der Waals surface area contributed by atoms with Crippen LogP contribution in [0.2, 0.25) is 13.1 Å². The Labute approximate surface area is 296 Å². The van der Waals surface area contributed by atoms with Crippen molar-refractivity contribution in [3.05, 3.63) is 157 Å². The predicted octanol–water partition coefficient (Wildman–Crippen LogP) is 11.0. The Morgan fingerprint density at radius 2 is 1.06 bits per heavy atom. The molecule has 50 heavy (non-hydrogen) atoms. The largest absolute Gasteiger partial charge is 0.457 e. The molecule has 2 heterocycles. The van der Waals surface area contributed by atoms with Gasteiger partial charge in [-0.25, -0.2) is 9.97 Å². The summed E-state index contributed by atoms with van der Waals surface area (Å²) in [5.74, 6) is 2.52. The molecular formula is C46H40N2OSi. The highest BCUT2D eigenvalue weighted by Gasteiger charge is 2.39. The molecule has 1 aromatic heterocycles. The van der Waals surface area contributed by atoms with Crippen LogP contribution >= 0.6 is 0 Å². The predicted molar refractivity (Wildman–Crippen MR) is 211 cm³/mol. The first-order valence-corrected chi connectivity index (χ1v) is 20.3. The van der Waals surface area contributed by atoms with Gasteiger partial charge in [0.15, 0.2) is 5.82 Å². The van der Waals surface area contributed by atoms with E-state index >= 15 is 0 Å². The van der Waals surface area contributed by atoms with Gasteiger partial charge in [-0.05, 0) is 79.0 Å².